The Morgan fingerprint density at radius 1 is 0.914 bits per heavy atom. The number of ketones is 1. The molecule has 5 aliphatic carbocycles. The van der Waals surface area contributed by atoms with E-state index < -0.39 is 29.3 Å². The molecule has 5 saturated carbocycles. The predicted molar refractivity (Wildman–Crippen MR) is 135 cm³/mol. The summed E-state index contributed by atoms with van der Waals surface area (Å²) in [6.07, 6.45) is 1.96. The van der Waals surface area contributed by atoms with Crippen LogP contribution in [0.1, 0.15) is 93.4 Å². The second-order valence-electron chi connectivity index (χ2n) is 14.8. The average molecular weight is 491 g/mol. The molecule has 0 radical (unpaired) electrons. The van der Waals surface area contributed by atoms with Crippen molar-refractivity contribution in [3.05, 3.63) is 0 Å². The fourth-order valence-corrected chi connectivity index (χ4v) is 10.9. The number of aliphatic hydroxyl groups excluding tert-OH is 3. The minimum absolute atomic E-state index is 0.0243. The molecule has 0 aromatic rings. The molecule has 0 aromatic carbocycles. The van der Waals surface area contributed by atoms with Gasteiger partial charge in [-0.3, -0.25) is 4.79 Å². The standard InChI is InChI=1S/C30H50O5/c1-15(2)17(4)27(5)13-22(27)16(3)20-8-9-21-19-11-25(34)30(35)12-18(31)10-24(33)29(30,7)26(19)23(32)14-28(20,21)6/h15-24,26,31-33,35H,8-14H2,1-7H3. The normalized spacial score (nSPS) is 57.3. The molecule has 4 N–H and O–H groups in total. The molecule has 0 amide bonds. The van der Waals surface area contributed by atoms with Crippen molar-refractivity contribution in [2.24, 2.45) is 63.6 Å². The van der Waals surface area contributed by atoms with Crippen molar-refractivity contribution < 1.29 is 25.2 Å². The quantitative estimate of drug-likeness (QED) is 0.474. The van der Waals surface area contributed by atoms with E-state index in [0.29, 0.717) is 47.3 Å². The first-order chi connectivity index (χ1) is 16.1. The molecule has 0 aromatic heterocycles. The molecule has 0 aliphatic heterocycles. The number of hydrogen-bond acceptors (Lipinski definition) is 5. The van der Waals surface area contributed by atoms with E-state index in [-0.39, 0.29) is 42.3 Å². The van der Waals surface area contributed by atoms with E-state index in [9.17, 15) is 25.2 Å². The SMILES string of the molecule is CC(C)C(C)C1(C)CC1C(C)C1CCC2C3CC(=O)C4(O)CC(O)CC(O)C4(C)C3C(O)CC12C. The number of fused-ring (bicyclic) bond motifs is 5. The van der Waals surface area contributed by atoms with E-state index in [1.54, 1.807) is 0 Å². The van der Waals surface area contributed by atoms with Gasteiger partial charge in [0.25, 0.3) is 0 Å². The smallest absolute Gasteiger partial charge is 0.165 e. The van der Waals surface area contributed by atoms with Gasteiger partial charge in [0.05, 0.1) is 18.3 Å². The lowest BCUT2D eigenvalue weighted by Gasteiger charge is -2.65. The zero-order valence-electron chi connectivity index (χ0n) is 23.0. The van der Waals surface area contributed by atoms with E-state index in [2.05, 4.69) is 41.5 Å². The third-order valence-electron chi connectivity index (χ3n) is 13.4. The summed E-state index contributed by atoms with van der Waals surface area (Å²) in [4.78, 5) is 13.5. The van der Waals surface area contributed by atoms with Gasteiger partial charge in [-0.1, -0.05) is 48.5 Å². The summed E-state index contributed by atoms with van der Waals surface area (Å²) in [7, 11) is 0. The molecule has 0 bridgehead atoms. The van der Waals surface area contributed by atoms with Gasteiger partial charge in [0.2, 0.25) is 0 Å². The molecule has 0 heterocycles. The van der Waals surface area contributed by atoms with Gasteiger partial charge in [-0.15, -0.1) is 0 Å². The second-order valence-corrected chi connectivity index (χ2v) is 14.8. The van der Waals surface area contributed by atoms with Gasteiger partial charge in [0.15, 0.2) is 5.78 Å². The van der Waals surface area contributed by atoms with Gasteiger partial charge in [0.1, 0.15) is 5.60 Å². The predicted octanol–water partition coefficient (Wildman–Crippen LogP) is 4.20. The molecule has 0 spiro atoms. The van der Waals surface area contributed by atoms with Crippen LogP contribution < -0.4 is 0 Å². The number of Topliss-reactive ketones (excluding diaryl/α,β-unsaturated/α-hetero) is 1. The third kappa shape index (κ3) is 3.29. The largest absolute Gasteiger partial charge is 0.393 e. The van der Waals surface area contributed by atoms with Crippen LogP contribution in [0.25, 0.3) is 0 Å². The molecule has 35 heavy (non-hydrogen) atoms. The van der Waals surface area contributed by atoms with E-state index in [0.717, 1.165) is 12.8 Å². The number of carbonyl (C=O) groups excluding carboxylic acids is 1. The number of carbonyl (C=O) groups is 1. The summed E-state index contributed by atoms with van der Waals surface area (Å²) >= 11 is 0. The Hall–Kier alpha value is -0.490. The topological polar surface area (TPSA) is 98.0 Å². The van der Waals surface area contributed by atoms with Crippen LogP contribution in [0.15, 0.2) is 0 Å². The molecule has 14 atom stereocenters. The third-order valence-corrected chi connectivity index (χ3v) is 13.4. The molecule has 5 heteroatoms. The van der Waals surface area contributed by atoms with Crippen LogP contribution in [0, 0.1) is 63.6 Å². The second kappa shape index (κ2) is 8.01. The highest BCUT2D eigenvalue weighted by atomic mass is 16.3. The molecule has 5 fully saturated rings. The van der Waals surface area contributed by atoms with Crippen LogP contribution in [0.5, 0.6) is 0 Å². The highest BCUT2D eigenvalue weighted by Crippen LogP contribution is 2.71. The van der Waals surface area contributed by atoms with Crippen molar-refractivity contribution >= 4 is 5.78 Å². The van der Waals surface area contributed by atoms with Crippen molar-refractivity contribution in [2.75, 3.05) is 0 Å². The maximum absolute atomic E-state index is 13.5. The Kier molecular flexibility index (Phi) is 5.98. The summed E-state index contributed by atoms with van der Waals surface area (Å²) in [6.45, 7) is 16.2. The van der Waals surface area contributed by atoms with Crippen LogP contribution >= 0.6 is 0 Å². The number of rotatable bonds is 4. The van der Waals surface area contributed by atoms with Crippen LogP contribution in [0.4, 0.5) is 0 Å². The number of hydrogen-bond donors (Lipinski definition) is 4. The minimum Gasteiger partial charge on any atom is -0.393 e. The first kappa shape index (κ1) is 26.1. The molecular weight excluding hydrogens is 440 g/mol. The maximum atomic E-state index is 13.5. The first-order valence-electron chi connectivity index (χ1n) is 14.4. The summed E-state index contributed by atoms with van der Waals surface area (Å²) in [6, 6.07) is 0. The Labute approximate surface area is 212 Å². The molecule has 14 unspecified atom stereocenters. The minimum atomic E-state index is -1.77. The summed E-state index contributed by atoms with van der Waals surface area (Å²) in [5, 5.41) is 44.8. The van der Waals surface area contributed by atoms with E-state index in [4.69, 9.17) is 0 Å². The fourth-order valence-electron chi connectivity index (χ4n) is 10.9. The van der Waals surface area contributed by atoms with Crippen LogP contribution in [0.2, 0.25) is 0 Å². The Balaban J connectivity index is 1.44. The molecule has 5 rings (SSSR count). The van der Waals surface area contributed by atoms with E-state index >= 15 is 0 Å². The Bertz CT molecular complexity index is 873. The Morgan fingerprint density at radius 3 is 2.20 bits per heavy atom. The zero-order valence-corrected chi connectivity index (χ0v) is 23.0. The summed E-state index contributed by atoms with van der Waals surface area (Å²) < 4.78 is 0. The van der Waals surface area contributed by atoms with Gasteiger partial charge in [-0.25, -0.2) is 0 Å². The number of aliphatic hydroxyl groups is 4. The van der Waals surface area contributed by atoms with Crippen molar-refractivity contribution in [1.82, 2.24) is 0 Å². The monoisotopic (exact) mass is 490 g/mol. The van der Waals surface area contributed by atoms with Crippen molar-refractivity contribution in [3.63, 3.8) is 0 Å². The van der Waals surface area contributed by atoms with Crippen LogP contribution in [-0.2, 0) is 4.79 Å². The lowest BCUT2D eigenvalue weighted by Crippen LogP contribution is -2.73. The molecule has 5 nitrogen and oxygen atoms in total. The van der Waals surface area contributed by atoms with Crippen LogP contribution in [-0.4, -0.2) is 50.1 Å². The van der Waals surface area contributed by atoms with Gasteiger partial charge < -0.3 is 20.4 Å². The molecule has 200 valence electrons. The van der Waals surface area contributed by atoms with Crippen molar-refractivity contribution in [3.8, 4) is 0 Å². The fraction of sp³-hybridized carbons (Fsp3) is 0.967. The highest BCUT2D eigenvalue weighted by Gasteiger charge is 2.73. The molecule has 0 saturated heterocycles. The zero-order chi connectivity index (χ0) is 25.9. The average Bonchev–Trinajstić information content (AvgIpc) is 3.32. The maximum Gasteiger partial charge on any atom is 0.165 e. The lowest BCUT2D eigenvalue weighted by atomic mass is 9.41. The molecular formula is C30H50O5. The summed E-state index contributed by atoms with van der Waals surface area (Å²) in [5.74, 6) is 2.92. The summed E-state index contributed by atoms with van der Waals surface area (Å²) in [5.41, 5.74) is -2.53. The van der Waals surface area contributed by atoms with E-state index in [1.165, 1.54) is 6.42 Å². The highest BCUT2D eigenvalue weighted by molar-refractivity contribution is 5.90. The van der Waals surface area contributed by atoms with Gasteiger partial charge in [0, 0.05) is 24.7 Å². The lowest BCUT2D eigenvalue weighted by molar-refractivity contribution is -0.263. The van der Waals surface area contributed by atoms with Crippen molar-refractivity contribution in [1.29, 1.82) is 0 Å². The Morgan fingerprint density at radius 2 is 1.57 bits per heavy atom. The van der Waals surface area contributed by atoms with Crippen LogP contribution in [0.3, 0.4) is 0 Å². The van der Waals surface area contributed by atoms with Crippen molar-refractivity contribution in [2.45, 2.75) is 117 Å². The first-order valence-corrected chi connectivity index (χ1v) is 14.4. The van der Waals surface area contributed by atoms with Gasteiger partial charge >= 0.3 is 0 Å². The van der Waals surface area contributed by atoms with Gasteiger partial charge in [-0.05, 0) is 83.9 Å². The van der Waals surface area contributed by atoms with Gasteiger partial charge in [-0.2, -0.15) is 0 Å². The molecule has 5 aliphatic rings. The van der Waals surface area contributed by atoms with E-state index in [1.807, 2.05) is 6.92 Å².